The number of fused-ring (bicyclic) bond motifs is 1. The Morgan fingerprint density at radius 3 is 2.33 bits per heavy atom. The van der Waals surface area contributed by atoms with Gasteiger partial charge in [0.2, 0.25) is 6.29 Å². The molecule has 0 bridgehead atoms. The molecule has 0 aliphatic carbocycles. The monoisotopic (exact) mass is 205 g/mol. The van der Waals surface area contributed by atoms with Crippen LogP contribution < -0.4 is 4.84 Å². The Hall–Kier alpha value is -1.48. The van der Waals surface area contributed by atoms with Crippen molar-refractivity contribution in [3.05, 3.63) is 36.7 Å². The predicted octanol–water partition coefficient (Wildman–Crippen LogP) is 2.45. The smallest absolute Gasteiger partial charge is 0.221 e. The molecular formula is C12H15NO2. The largest absolute Gasteiger partial charge is 0.383 e. The van der Waals surface area contributed by atoms with Gasteiger partial charge in [-0.2, -0.15) is 4.73 Å². The van der Waals surface area contributed by atoms with Gasteiger partial charge in [0, 0.05) is 24.3 Å². The summed E-state index contributed by atoms with van der Waals surface area (Å²) in [6.45, 7) is 4.49. The minimum absolute atomic E-state index is 0.225. The van der Waals surface area contributed by atoms with E-state index < -0.39 is 0 Å². The van der Waals surface area contributed by atoms with E-state index in [4.69, 9.17) is 9.57 Å². The van der Waals surface area contributed by atoms with Gasteiger partial charge < -0.3 is 9.57 Å². The number of hydrogen-bond acceptors (Lipinski definition) is 2. The molecule has 1 heterocycles. The molecule has 1 atom stereocenters. The fourth-order valence-electron chi connectivity index (χ4n) is 1.55. The lowest BCUT2D eigenvalue weighted by molar-refractivity contribution is -0.129. The third kappa shape index (κ3) is 2.30. The van der Waals surface area contributed by atoms with Crippen LogP contribution in [0.3, 0.4) is 0 Å². The van der Waals surface area contributed by atoms with Crippen LogP contribution >= 0.6 is 0 Å². The lowest BCUT2D eigenvalue weighted by Gasteiger charge is -2.13. The zero-order valence-corrected chi connectivity index (χ0v) is 9.01. The molecule has 0 aliphatic heterocycles. The van der Waals surface area contributed by atoms with Gasteiger partial charge in [-0.05, 0) is 6.92 Å². The van der Waals surface area contributed by atoms with Crippen molar-refractivity contribution in [2.24, 2.45) is 0 Å². The molecule has 2 rings (SSSR count). The standard InChI is InChI=1S/C12H15NO2/c1-3-14-10(2)15-13-8-11-6-4-5-7-12(11)9-13/h4-10H,3H2,1-2H3. The lowest BCUT2D eigenvalue weighted by Crippen LogP contribution is -2.23. The Bertz CT molecular complexity index is 403. The van der Waals surface area contributed by atoms with Crippen molar-refractivity contribution in [2.45, 2.75) is 20.1 Å². The average molecular weight is 205 g/mol. The summed E-state index contributed by atoms with van der Waals surface area (Å²) in [5.41, 5.74) is 0. The zero-order chi connectivity index (χ0) is 10.7. The van der Waals surface area contributed by atoms with Gasteiger partial charge in [-0.15, -0.1) is 0 Å². The summed E-state index contributed by atoms with van der Waals surface area (Å²) in [5.74, 6) is 0. The van der Waals surface area contributed by atoms with Gasteiger partial charge in [-0.25, -0.2) is 0 Å². The van der Waals surface area contributed by atoms with Crippen LogP contribution in [0, 0.1) is 0 Å². The maximum Gasteiger partial charge on any atom is 0.221 e. The summed E-state index contributed by atoms with van der Waals surface area (Å²) in [4.78, 5) is 5.53. The van der Waals surface area contributed by atoms with Gasteiger partial charge in [-0.1, -0.05) is 24.3 Å². The molecule has 1 aromatic carbocycles. The van der Waals surface area contributed by atoms with Crippen molar-refractivity contribution < 1.29 is 9.57 Å². The van der Waals surface area contributed by atoms with Crippen LogP contribution in [-0.4, -0.2) is 17.6 Å². The average Bonchev–Trinajstić information content (AvgIpc) is 2.59. The molecule has 0 fully saturated rings. The normalized spacial score (nSPS) is 12.9. The Morgan fingerprint density at radius 1 is 1.20 bits per heavy atom. The minimum Gasteiger partial charge on any atom is -0.383 e. The molecule has 80 valence electrons. The Morgan fingerprint density at radius 2 is 1.80 bits per heavy atom. The molecule has 0 aliphatic rings. The maximum absolute atomic E-state index is 5.53. The van der Waals surface area contributed by atoms with E-state index in [1.54, 1.807) is 4.73 Å². The second-order valence-corrected chi connectivity index (χ2v) is 3.38. The molecule has 0 amide bonds. The number of aromatic nitrogens is 1. The van der Waals surface area contributed by atoms with E-state index in [0.717, 1.165) is 0 Å². The Labute approximate surface area is 89.2 Å². The van der Waals surface area contributed by atoms with Crippen LogP contribution in [0.2, 0.25) is 0 Å². The molecule has 0 saturated carbocycles. The molecule has 0 N–H and O–H groups in total. The SMILES string of the molecule is CCOC(C)On1cc2ccccc2c1. The molecule has 1 unspecified atom stereocenters. The van der Waals surface area contributed by atoms with E-state index in [1.807, 2.05) is 38.4 Å². The van der Waals surface area contributed by atoms with Crippen molar-refractivity contribution in [1.29, 1.82) is 0 Å². The van der Waals surface area contributed by atoms with Crippen molar-refractivity contribution >= 4 is 10.8 Å². The van der Waals surface area contributed by atoms with Crippen molar-refractivity contribution in [2.75, 3.05) is 6.61 Å². The Balaban J connectivity index is 2.15. The highest BCUT2D eigenvalue weighted by Crippen LogP contribution is 2.13. The van der Waals surface area contributed by atoms with Gasteiger partial charge in [0.1, 0.15) is 0 Å². The number of hydrogen-bond donors (Lipinski definition) is 0. The first kappa shape index (κ1) is 10.1. The van der Waals surface area contributed by atoms with Gasteiger partial charge in [0.05, 0.1) is 12.4 Å². The van der Waals surface area contributed by atoms with E-state index in [-0.39, 0.29) is 6.29 Å². The van der Waals surface area contributed by atoms with E-state index >= 15 is 0 Å². The van der Waals surface area contributed by atoms with Crippen LogP contribution in [-0.2, 0) is 4.74 Å². The molecule has 3 nitrogen and oxygen atoms in total. The predicted molar refractivity (Wildman–Crippen MR) is 59.6 cm³/mol. The first-order chi connectivity index (χ1) is 7.29. The van der Waals surface area contributed by atoms with Gasteiger partial charge in [-0.3, -0.25) is 0 Å². The molecule has 15 heavy (non-hydrogen) atoms. The third-order valence-corrected chi connectivity index (χ3v) is 2.20. The summed E-state index contributed by atoms with van der Waals surface area (Å²) in [7, 11) is 0. The number of benzene rings is 1. The van der Waals surface area contributed by atoms with E-state index in [9.17, 15) is 0 Å². The Kier molecular flexibility index (Phi) is 2.92. The molecule has 2 aromatic rings. The van der Waals surface area contributed by atoms with Crippen LogP contribution in [0.15, 0.2) is 36.7 Å². The van der Waals surface area contributed by atoms with E-state index in [2.05, 4.69) is 12.1 Å². The van der Waals surface area contributed by atoms with Crippen molar-refractivity contribution in [3.8, 4) is 0 Å². The zero-order valence-electron chi connectivity index (χ0n) is 9.01. The quantitative estimate of drug-likeness (QED) is 0.716. The van der Waals surface area contributed by atoms with Gasteiger partial charge >= 0.3 is 0 Å². The first-order valence-corrected chi connectivity index (χ1v) is 5.15. The lowest BCUT2D eigenvalue weighted by atomic mass is 10.2. The summed E-state index contributed by atoms with van der Waals surface area (Å²) < 4.78 is 7.00. The number of ether oxygens (including phenoxy) is 1. The fraction of sp³-hybridized carbons (Fsp3) is 0.333. The van der Waals surface area contributed by atoms with Crippen LogP contribution in [0.4, 0.5) is 0 Å². The van der Waals surface area contributed by atoms with Crippen LogP contribution in [0.5, 0.6) is 0 Å². The summed E-state index contributed by atoms with van der Waals surface area (Å²) in [6, 6.07) is 8.14. The highest BCUT2D eigenvalue weighted by molar-refractivity contribution is 5.81. The third-order valence-electron chi connectivity index (χ3n) is 2.20. The first-order valence-electron chi connectivity index (χ1n) is 5.15. The second-order valence-electron chi connectivity index (χ2n) is 3.38. The summed E-state index contributed by atoms with van der Waals surface area (Å²) in [5, 5.41) is 2.34. The molecule has 1 aromatic heterocycles. The molecule has 0 radical (unpaired) electrons. The molecular weight excluding hydrogens is 190 g/mol. The van der Waals surface area contributed by atoms with Gasteiger partial charge in [0.15, 0.2) is 0 Å². The van der Waals surface area contributed by atoms with E-state index in [0.29, 0.717) is 6.61 Å². The van der Waals surface area contributed by atoms with Crippen molar-refractivity contribution in [3.63, 3.8) is 0 Å². The van der Waals surface area contributed by atoms with Crippen LogP contribution in [0.1, 0.15) is 13.8 Å². The van der Waals surface area contributed by atoms with Crippen LogP contribution in [0.25, 0.3) is 10.8 Å². The summed E-state index contributed by atoms with van der Waals surface area (Å²) in [6.07, 6.45) is 3.67. The highest BCUT2D eigenvalue weighted by atomic mass is 16.8. The van der Waals surface area contributed by atoms with Crippen molar-refractivity contribution in [1.82, 2.24) is 4.73 Å². The minimum atomic E-state index is -0.225. The fourth-order valence-corrected chi connectivity index (χ4v) is 1.55. The molecule has 0 spiro atoms. The molecule has 0 saturated heterocycles. The summed E-state index contributed by atoms with van der Waals surface area (Å²) >= 11 is 0. The second kappa shape index (κ2) is 4.36. The molecule has 3 heteroatoms. The van der Waals surface area contributed by atoms with E-state index in [1.165, 1.54) is 10.8 Å². The highest BCUT2D eigenvalue weighted by Gasteiger charge is 2.03. The number of rotatable bonds is 4. The number of nitrogens with zero attached hydrogens (tertiary/aromatic N) is 1. The maximum atomic E-state index is 5.53. The van der Waals surface area contributed by atoms with Gasteiger partial charge in [0.25, 0.3) is 0 Å². The topological polar surface area (TPSA) is 23.4 Å².